The lowest BCUT2D eigenvalue weighted by atomic mass is 9.85. The highest BCUT2D eigenvalue weighted by Gasteiger charge is 2.35. The van der Waals surface area contributed by atoms with Crippen LogP contribution in [0.5, 0.6) is 5.75 Å². The second-order valence-electron chi connectivity index (χ2n) is 6.88. The summed E-state index contributed by atoms with van der Waals surface area (Å²) >= 11 is 8.02. The summed E-state index contributed by atoms with van der Waals surface area (Å²) in [5.74, 6) is 2.41. The summed E-state index contributed by atoms with van der Waals surface area (Å²) in [7, 11) is 3.07. The van der Waals surface area contributed by atoms with Gasteiger partial charge in [-0.05, 0) is 65.8 Å². The summed E-state index contributed by atoms with van der Waals surface area (Å²) < 4.78 is 10.4. The Hall–Kier alpha value is -2.37. The summed E-state index contributed by atoms with van der Waals surface area (Å²) in [6.07, 6.45) is 2.91. The predicted octanol–water partition coefficient (Wildman–Crippen LogP) is 5.40. The van der Waals surface area contributed by atoms with Crippen LogP contribution in [-0.2, 0) is 9.53 Å². The first-order valence-electron chi connectivity index (χ1n) is 9.42. The van der Waals surface area contributed by atoms with Gasteiger partial charge < -0.3 is 14.4 Å². The Balaban J connectivity index is 1.85. The monoisotopic (exact) mass is 427 g/mol. The fraction of sp³-hybridized carbons (Fsp3) is 0.261. The van der Waals surface area contributed by atoms with Crippen molar-refractivity contribution in [1.29, 1.82) is 0 Å². The van der Waals surface area contributed by atoms with Crippen molar-refractivity contribution in [2.45, 2.75) is 12.3 Å². The number of nitrogens with zero attached hydrogens (tertiary/aromatic N) is 1. The molecule has 0 saturated carbocycles. The molecule has 4 rings (SSSR count). The second-order valence-corrected chi connectivity index (χ2v) is 8.42. The van der Waals surface area contributed by atoms with Crippen molar-refractivity contribution in [2.75, 3.05) is 30.6 Å². The van der Waals surface area contributed by atoms with Crippen LogP contribution in [0.2, 0.25) is 5.02 Å². The second kappa shape index (κ2) is 8.56. The number of carbonyl (C=O) groups excluding carboxylic acids is 1. The number of carbonyl (C=O) groups is 1. The quantitative estimate of drug-likeness (QED) is 0.611. The van der Waals surface area contributed by atoms with Crippen LogP contribution in [0.1, 0.15) is 17.9 Å². The number of thioether (sulfide) groups is 1. The highest BCUT2D eigenvalue weighted by Crippen LogP contribution is 2.44. The molecular formula is C23H22ClNO3S. The molecule has 2 aliphatic heterocycles. The van der Waals surface area contributed by atoms with Gasteiger partial charge in [0.05, 0.1) is 14.2 Å². The third-order valence-corrected chi connectivity index (χ3v) is 6.54. The van der Waals surface area contributed by atoms with E-state index in [0.717, 1.165) is 34.9 Å². The van der Waals surface area contributed by atoms with E-state index in [1.807, 2.05) is 71.3 Å². The zero-order valence-corrected chi connectivity index (χ0v) is 17.9. The SMILES string of the molecule is COC(=O)C1=CC(c2ccc(Cl)cc2)C2=C(CCSC2)N1c1ccc(OC)cc1. The third kappa shape index (κ3) is 3.89. The molecule has 2 heterocycles. The number of methoxy groups -OCH3 is 2. The van der Waals surface area contributed by atoms with Crippen LogP contribution < -0.4 is 9.64 Å². The molecule has 0 spiro atoms. The summed E-state index contributed by atoms with van der Waals surface area (Å²) in [5.41, 5.74) is 5.10. The van der Waals surface area contributed by atoms with E-state index < -0.39 is 0 Å². The lowest BCUT2D eigenvalue weighted by Gasteiger charge is -2.39. The number of benzene rings is 2. The van der Waals surface area contributed by atoms with Crippen molar-refractivity contribution in [1.82, 2.24) is 0 Å². The fourth-order valence-corrected chi connectivity index (χ4v) is 5.03. The third-order valence-electron chi connectivity index (χ3n) is 5.28. The molecular weight excluding hydrogens is 406 g/mol. The molecule has 0 aliphatic carbocycles. The number of ether oxygens (including phenoxy) is 2. The molecule has 2 aromatic carbocycles. The molecule has 0 bridgehead atoms. The van der Waals surface area contributed by atoms with E-state index in [0.29, 0.717) is 10.7 Å². The zero-order chi connectivity index (χ0) is 20.4. The van der Waals surface area contributed by atoms with Crippen molar-refractivity contribution in [2.24, 2.45) is 0 Å². The van der Waals surface area contributed by atoms with Crippen molar-refractivity contribution < 1.29 is 14.3 Å². The normalized spacial score (nSPS) is 18.8. The van der Waals surface area contributed by atoms with Gasteiger partial charge in [0, 0.05) is 28.1 Å². The Morgan fingerprint density at radius 2 is 1.83 bits per heavy atom. The van der Waals surface area contributed by atoms with Crippen LogP contribution in [0.3, 0.4) is 0 Å². The van der Waals surface area contributed by atoms with Gasteiger partial charge in [0.2, 0.25) is 0 Å². The maximum atomic E-state index is 12.8. The van der Waals surface area contributed by atoms with Gasteiger partial charge in [-0.3, -0.25) is 0 Å². The molecule has 0 aromatic heterocycles. The lowest BCUT2D eigenvalue weighted by Crippen LogP contribution is -2.35. The van der Waals surface area contributed by atoms with E-state index in [9.17, 15) is 4.79 Å². The van der Waals surface area contributed by atoms with Gasteiger partial charge in [-0.2, -0.15) is 11.8 Å². The Morgan fingerprint density at radius 3 is 2.48 bits per heavy atom. The molecule has 1 atom stereocenters. The molecule has 150 valence electrons. The maximum absolute atomic E-state index is 12.8. The van der Waals surface area contributed by atoms with Gasteiger partial charge in [0.15, 0.2) is 0 Å². The zero-order valence-electron chi connectivity index (χ0n) is 16.4. The van der Waals surface area contributed by atoms with E-state index in [1.54, 1.807) is 7.11 Å². The van der Waals surface area contributed by atoms with Crippen molar-refractivity contribution in [3.8, 4) is 5.75 Å². The standard InChI is InChI=1S/C23H22ClNO3S/c1-27-18-9-7-17(8-10-18)25-21-11-12-29-14-20(21)19(13-22(25)23(26)28-2)15-3-5-16(24)6-4-15/h3-10,13,19H,11-12,14H2,1-2H3. The van der Waals surface area contributed by atoms with Crippen LogP contribution in [-0.4, -0.2) is 31.7 Å². The largest absolute Gasteiger partial charge is 0.497 e. The minimum atomic E-state index is -0.343. The molecule has 0 fully saturated rings. The molecule has 0 radical (unpaired) electrons. The fourth-order valence-electron chi connectivity index (χ4n) is 3.86. The van der Waals surface area contributed by atoms with Crippen LogP contribution >= 0.6 is 23.4 Å². The lowest BCUT2D eigenvalue weighted by molar-refractivity contribution is -0.136. The van der Waals surface area contributed by atoms with E-state index in [2.05, 4.69) is 0 Å². The molecule has 4 nitrogen and oxygen atoms in total. The molecule has 6 heteroatoms. The molecule has 2 aromatic rings. The van der Waals surface area contributed by atoms with Gasteiger partial charge in [0.25, 0.3) is 0 Å². The highest BCUT2D eigenvalue weighted by molar-refractivity contribution is 7.99. The molecule has 0 saturated heterocycles. The number of hydrogen-bond acceptors (Lipinski definition) is 5. The van der Waals surface area contributed by atoms with Crippen molar-refractivity contribution in [3.63, 3.8) is 0 Å². The number of anilines is 1. The van der Waals surface area contributed by atoms with E-state index in [4.69, 9.17) is 21.1 Å². The smallest absolute Gasteiger partial charge is 0.354 e. The summed E-state index contributed by atoms with van der Waals surface area (Å²) in [6.45, 7) is 0. The van der Waals surface area contributed by atoms with Crippen LogP contribution in [0.4, 0.5) is 5.69 Å². The number of allylic oxidation sites excluding steroid dienone is 2. The minimum absolute atomic E-state index is 0.0265. The van der Waals surface area contributed by atoms with E-state index >= 15 is 0 Å². The average Bonchev–Trinajstić information content (AvgIpc) is 2.78. The first-order valence-corrected chi connectivity index (χ1v) is 10.9. The van der Waals surface area contributed by atoms with E-state index in [-0.39, 0.29) is 11.9 Å². The highest BCUT2D eigenvalue weighted by atomic mass is 35.5. The summed E-state index contributed by atoms with van der Waals surface area (Å²) in [5, 5.41) is 0.703. The summed E-state index contributed by atoms with van der Waals surface area (Å²) in [4.78, 5) is 14.8. The summed E-state index contributed by atoms with van der Waals surface area (Å²) in [6, 6.07) is 15.6. The minimum Gasteiger partial charge on any atom is -0.497 e. The van der Waals surface area contributed by atoms with Crippen LogP contribution in [0.25, 0.3) is 0 Å². The van der Waals surface area contributed by atoms with Gasteiger partial charge in [-0.15, -0.1) is 0 Å². The number of esters is 1. The number of hydrogen-bond donors (Lipinski definition) is 0. The topological polar surface area (TPSA) is 38.8 Å². The van der Waals surface area contributed by atoms with Gasteiger partial charge in [0.1, 0.15) is 11.4 Å². The first kappa shape index (κ1) is 19.9. The van der Waals surface area contributed by atoms with Gasteiger partial charge >= 0.3 is 5.97 Å². The Kier molecular flexibility index (Phi) is 5.88. The van der Waals surface area contributed by atoms with Crippen LogP contribution in [0, 0.1) is 0 Å². The first-order chi connectivity index (χ1) is 14.1. The van der Waals surface area contributed by atoms with Crippen molar-refractivity contribution in [3.05, 3.63) is 82.2 Å². The van der Waals surface area contributed by atoms with Gasteiger partial charge in [-0.1, -0.05) is 23.7 Å². The Labute approximate surface area is 180 Å². The molecule has 0 amide bonds. The number of halogens is 1. The van der Waals surface area contributed by atoms with Gasteiger partial charge in [-0.25, -0.2) is 4.79 Å². The Morgan fingerprint density at radius 1 is 1.10 bits per heavy atom. The molecule has 2 aliphatic rings. The average molecular weight is 428 g/mol. The number of rotatable bonds is 4. The molecule has 29 heavy (non-hydrogen) atoms. The molecule has 0 N–H and O–H groups in total. The molecule has 1 unspecified atom stereocenters. The predicted molar refractivity (Wildman–Crippen MR) is 119 cm³/mol. The van der Waals surface area contributed by atoms with E-state index in [1.165, 1.54) is 18.4 Å². The van der Waals surface area contributed by atoms with Crippen molar-refractivity contribution >= 4 is 35.0 Å². The maximum Gasteiger partial charge on any atom is 0.354 e. The van der Waals surface area contributed by atoms with Crippen LogP contribution in [0.15, 0.2) is 71.6 Å². The Bertz CT molecular complexity index is 967.